The monoisotopic (exact) mass is 1180 g/mol. The highest BCUT2D eigenvalue weighted by atomic mass is 16.4. The summed E-state index contributed by atoms with van der Waals surface area (Å²) in [5.74, 6) is -2.31. The van der Waals surface area contributed by atoms with Crippen LogP contribution in [0.5, 0.6) is 0 Å². The minimum atomic E-state index is -1.12. The molecule has 0 aliphatic rings. The van der Waals surface area contributed by atoms with Crippen LogP contribution in [0.15, 0.2) is 175 Å². The second-order valence-electron chi connectivity index (χ2n) is 21.2. The van der Waals surface area contributed by atoms with Crippen molar-refractivity contribution >= 4 is 17.7 Å². The van der Waals surface area contributed by atoms with Crippen molar-refractivity contribution in [3.63, 3.8) is 0 Å². The molecule has 18 nitrogen and oxygen atoms in total. The molecule has 0 spiro atoms. The number of nitrogens with two attached hydrogens (primary N) is 2. The Hall–Kier alpha value is -5.71. The van der Waals surface area contributed by atoms with E-state index >= 15 is 0 Å². The summed E-state index contributed by atoms with van der Waals surface area (Å²) in [5.41, 5.74) is 11.8. The lowest BCUT2D eigenvalue weighted by Gasteiger charge is -2.25. The molecule has 0 heterocycles. The van der Waals surface area contributed by atoms with Gasteiger partial charge in [0.15, 0.2) is 5.96 Å². The molecule has 0 aromatic rings. The van der Waals surface area contributed by atoms with E-state index in [1.165, 1.54) is 30.4 Å². The second-order valence-corrected chi connectivity index (χ2v) is 21.2. The molecule has 474 valence electrons. The molecular weight excluding hydrogens is 1070 g/mol. The quantitative estimate of drug-likeness (QED) is 0.00780. The van der Waals surface area contributed by atoms with E-state index in [4.69, 9.17) is 16.6 Å². The fourth-order valence-corrected chi connectivity index (χ4v) is 7.79. The average molecular weight is 1180 g/mol. The van der Waals surface area contributed by atoms with Gasteiger partial charge in [0, 0.05) is 55.6 Å². The first-order valence-corrected chi connectivity index (χ1v) is 29.0. The molecule has 0 fully saturated rings. The summed E-state index contributed by atoms with van der Waals surface area (Å²) in [6.07, 6.45) is 33.5. The third kappa shape index (κ3) is 47.6. The first-order valence-electron chi connectivity index (χ1n) is 29.0. The lowest BCUT2D eigenvalue weighted by atomic mass is 9.88. The highest BCUT2D eigenvalue weighted by molar-refractivity contribution is 5.86. The molecule has 15 unspecified atom stereocenters. The highest BCUT2D eigenvalue weighted by Crippen LogP contribution is 2.20. The number of Topliss-reactive ketones (excluding diaryl/α,β-unsaturated/α-hetero) is 1. The summed E-state index contributed by atoms with van der Waals surface area (Å²) in [5, 5.41) is 131. The molecule has 0 amide bonds. The number of carbonyl (C=O) groups excluding carboxylic acids is 1. The van der Waals surface area contributed by atoms with Gasteiger partial charge in [-0.1, -0.05) is 185 Å². The number of rotatable bonds is 45. The zero-order valence-corrected chi connectivity index (χ0v) is 50.3. The van der Waals surface area contributed by atoms with Crippen LogP contribution in [0.3, 0.4) is 0 Å². The third-order valence-electron chi connectivity index (χ3n) is 12.9. The Balaban J connectivity index is 0. The average Bonchev–Trinajstić information content (AvgIpc) is 3.45. The smallest absolute Gasteiger partial charge is 0.331 e. The Labute approximate surface area is 500 Å². The maximum absolute atomic E-state index is 12.4. The number of guanidine groups is 1. The summed E-state index contributed by atoms with van der Waals surface area (Å²) >= 11 is 0. The summed E-state index contributed by atoms with van der Waals surface area (Å²) in [6.45, 7) is 16.6. The lowest BCUT2D eigenvalue weighted by molar-refractivity contribution is -0.132. The number of allylic oxidation sites excluding steroid dienone is 16. The number of aliphatic imine (C=N–C) groups is 1. The number of hydrogen-bond donors (Lipinski definition) is 15. The van der Waals surface area contributed by atoms with E-state index in [2.05, 4.69) is 18.2 Å². The Morgan fingerprint density at radius 1 is 0.536 bits per heavy atom. The van der Waals surface area contributed by atoms with Crippen molar-refractivity contribution in [2.45, 2.75) is 198 Å². The van der Waals surface area contributed by atoms with Gasteiger partial charge in [0.25, 0.3) is 0 Å². The standard InChI is InChI=1S/C39H67N3O11.C27H38O4/c1-3-4-5-6-7-19-37(52)27(2)38(53)26-36(51)25-33(48)17-10-16-32(47)24-35(50)23-31(46)15-9-14-29(44)21-28(43)12-8-13-30(45)22-34(49)18-11-20-42-39(40)41;1-21(2)17-13-11-12-16-20-25(28)24(5)26(29)22(3)18-14-9-7-6-8-10-15-19-23(4)27(30)31/h3-10,12,15,17,27-37,43-52H,1,11,13-14,16,18-26H2,2H3,(H4,40,41,42);6,8,10-20,22,24-26,28-29H,1,7,9H2,2-5H3,(H,30,31)/b5-4+,7-6+,12-8+,15-9+,17-10+;8-6+,12-11+,15-10+,17-13+,18-14+,20-16+,23-19+. The van der Waals surface area contributed by atoms with Crippen molar-refractivity contribution in [1.29, 1.82) is 0 Å². The van der Waals surface area contributed by atoms with E-state index in [0.29, 0.717) is 25.0 Å². The molecule has 0 aromatic heterocycles. The summed E-state index contributed by atoms with van der Waals surface area (Å²) in [6, 6.07) is 0. The summed E-state index contributed by atoms with van der Waals surface area (Å²) in [7, 11) is 0. The number of nitrogens with zero attached hydrogens (tertiary/aromatic N) is 1. The third-order valence-corrected chi connectivity index (χ3v) is 12.9. The Morgan fingerprint density at radius 2 is 1.04 bits per heavy atom. The van der Waals surface area contributed by atoms with Crippen LogP contribution in [0.2, 0.25) is 0 Å². The number of hydrogen-bond acceptors (Lipinski definition) is 15. The normalized spacial score (nSPS) is 18.4. The molecule has 0 saturated carbocycles. The van der Waals surface area contributed by atoms with Crippen molar-refractivity contribution in [2.75, 3.05) is 6.54 Å². The van der Waals surface area contributed by atoms with Crippen molar-refractivity contribution in [3.8, 4) is 0 Å². The van der Waals surface area contributed by atoms with Crippen LogP contribution in [0.4, 0.5) is 0 Å². The van der Waals surface area contributed by atoms with Gasteiger partial charge in [-0.2, -0.15) is 0 Å². The number of aliphatic hydroxyl groups is 12. The maximum Gasteiger partial charge on any atom is 0.331 e. The van der Waals surface area contributed by atoms with Gasteiger partial charge >= 0.3 is 5.97 Å². The van der Waals surface area contributed by atoms with Gasteiger partial charge in [-0.25, -0.2) is 4.79 Å². The Morgan fingerprint density at radius 3 is 1.60 bits per heavy atom. The first kappa shape index (κ1) is 80.4. The largest absolute Gasteiger partial charge is 0.478 e. The van der Waals surface area contributed by atoms with Gasteiger partial charge in [0.05, 0.1) is 73.2 Å². The molecule has 0 radical (unpaired) electrons. The molecular formula is C66H105N3O15. The number of aliphatic hydroxyl groups excluding tert-OH is 12. The lowest BCUT2D eigenvalue weighted by Crippen LogP contribution is -2.32. The van der Waals surface area contributed by atoms with E-state index in [9.17, 15) is 70.9 Å². The van der Waals surface area contributed by atoms with E-state index in [1.54, 1.807) is 80.7 Å². The van der Waals surface area contributed by atoms with Crippen LogP contribution in [0.25, 0.3) is 0 Å². The number of carboxylic acids is 1. The number of unbranched alkanes of at least 4 members (excludes halogenated alkanes) is 1. The van der Waals surface area contributed by atoms with Crippen LogP contribution in [-0.4, -0.2) is 164 Å². The Kier molecular flexibility index (Phi) is 48.4. The predicted molar refractivity (Wildman–Crippen MR) is 337 cm³/mol. The second kappa shape index (κ2) is 50.6. The van der Waals surface area contributed by atoms with Crippen molar-refractivity contribution in [1.82, 2.24) is 0 Å². The van der Waals surface area contributed by atoms with Crippen molar-refractivity contribution in [3.05, 3.63) is 170 Å². The molecule has 0 saturated heterocycles. The molecule has 0 aromatic carbocycles. The van der Waals surface area contributed by atoms with Crippen molar-refractivity contribution in [2.24, 2.45) is 34.2 Å². The summed E-state index contributed by atoms with van der Waals surface area (Å²) in [4.78, 5) is 26.9. The first-order chi connectivity index (χ1) is 39.7. The SMILES string of the molecule is C=C(C)/C=C/C=C/C=C/C(O)C(C)C(O)C(C)/C=C/CC/C=C/C=C/C=C(\C)C(=O)O.C=C/C=C/C=C/CC(O)C(C)C(=O)CC(O)CC(O)/C=C/CC(O)CC(O)CC(O)/C=C/CC(O)CC(O)/C=C/CC(O)CC(O)CCCN=C(N)N. The minimum absolute atomic E-state index is 0.0158. The molecule has 0 rings (SSSR count). The predicted octanol–water partition coefficient (Wildman–Crippen LogP) is 6.43. The van der Waals surface area contributed by atoms with Crippen LogP contribution in [0, 0.1) is 17.8 Å². The van der Waals surface area contributed by atoms with Crippen LogP contribution in [-0.2, 0) is 9.59 Å². The number of carboxylic acid groups (broad SMARTS) is 1. The molecule has 84 heavy (non-hydrogen) atoms. The van der Waals surface area contributed by atoms with Gasteiger partial charge in [-0.15, -0.1) is 0 Å². The topological polar surface area (TPSA) is 362 Å². The molecule has 18 heteroatoms. The molecule has 0 bridgehead atoms. The summed E-state index contributed by atoms with van der Waals surface area (Å²) < 4.78 is 0. The van der Waals surface area contributed by atoms with Gasteiger partial charge in [0.1, 0.15) is 5.78 Å². The molecule has 17 N–H and O–H groups in total. The van der Waals surface area contributed by atoms with Crippen LogP contribution >= 0.6 is 0 Å². The number of ketones is 1. The highest BCUT2D eigenvalue weighted by Gasteiger charge is 2.25. The van der Waals surface area contributed by atoms with Gasteiger partial charge < -0.3 is 77.9 Å². The van der Waals surface area contributed by atoms with Crippen LogP contribution < -0.4 is 11.5 Å². The van der Waals surface area contributed by atoms with E-state index in [0.717, 1.165) is 18.4 Å². The number of aliphatic carboxylic acids is 1. The van der Waals surface area contributed by atoms with Crippen LogP contribution in [0.1, 0.15) is 125 Å². The minimum Gasteiger partial charge on any atom is -0.478 e. The molecule has 0 aliphatic heterocycles. The number of carbonyl (C=O) groups is 2. The zero-order valence-electron chi connectivity index (χ0n) is 50.3. The van der Waals surface area contributed by atoms with Gasteiger partial charge in [-0.3, -0.25) is 9.79 Å². The van der Waals surface area contributed by atoms with E-state index < -0.39 is 85.1 Å². The zero-order chi connectivity index (χ0) is 63.8. The molecule has 0 aliphatic carbocycles. The maximum atomic E-state index is 12.4. The Bertz CT molecular complexity index is 2200. The fourth-order valence-electron chi connectivity index (χ4n) is 7.79. The van der Waals surface area contributed by atoms with E-state index in [1.807, 2.05) is 69.4 Å². The van der Waals surface area contributed by atoms with Crippen molar-refractivity contribution < 1.29 is 76.0 Å². The molecule has 15 atom stereocenters. The van der Waals surface area contributed by atoms with E-state index in [-0.39, 0.29) is 87.8 Å². The fraction of sp³-hybridized carbons (Fsp3) is 0.530. The van der Waals surface area contributed by atoms with Gasteiger partial charge in [0.2, 0.25) is 0 Å². The van der Waals surface area contributed by atoms with Gasteiger partial charge in [-0.05, 0) is 78.1 Å².